The van der Waals surface area contributed by atoms with Gasteiger partial charge in [0.1, 0.15) is 0 Å². The van der Waals surface area contributed by atoms with Crippen molar-refractivity contribution in [2.75, 3.05) is 45.2 Å². The Morgan fingerprint density at radius 2 is 1.91 bits per heavy atom. The molecular formula is C16H29Cl2N3O. The molecule has 1 heterocycles. The Hall–Kier alpha value is -0.520. The zero-order chi connectivity index (χ0) is 14.4. The molecular weight excluding hydrogens is 321 g/mol. The summed E-state index contributed by atoms with van der Waals surface area (Å²) in [6, 6.07) is 8.64. The second-order valence-corrected chi connectivity index (χ2v) is 5.99. The van der Waals surface area contributed by atoms with E-state index in [0.717, 1.165) is 32.4 Å². The molecule has 1 aliphatic rings. The van der Waals surface area contributed by atoms with Gasteiger partial charge in [-0.25, -0.2) is 0 Å². The van der Waals surface area contributed by atoms with E-state index < -0.39 is 5.60 Å². The topological polar surface area (TPSA) is 47.5 Å². The molecule has 2 rings (SSSR count). The van der Waals surface area contributed by atoms with E-state index in [-0.39, 0.29) is 24.8 Å². The number of aliphatic hydroxyl groups is 1. The van der Waals surface area contributed by atoms with Gasteiger partial charge in [-0.1, -0.05) is 12.1 Å². The second-order valence-electron chi connectivity index (χ2n) is 5.99. The van der Waals surface area contributed by atoms with Crippen LogP contribution in [0.25, 0.3) is 0 Å². The van der Waals surface area contributed by atoms with E-state index in [1.807, 2.05) is 0 Å². The summed E-state index contributed by atoms with van der Waals surface area (Å²) in [6.07, 6.45) is 2.95. The van der Waals surface area contributed by atoms with Gasteiger partial charge in [0, 0.05) is 32.9 Å². The molecule has 0 bridgehead atoms. The zero-order valence-corrected chi connectivity index (χ0v) is 15.1. The van der Waals surface area contributed by atoms with Crippen molar-refractivity contribution in [2.24, 2.45) is 0 Å². The molecule has 1 fully saturated rings. The van der Waals surface area contributed by atoms with Crippen LogP contribution >= 0.6 is 24.8 Å². The molecule has 6 heteroatoms. The molecule has 1 aliphatic heterocycles. The predicted molar refractivity (Wildman–Crippen MR) is 98.9 cm³/mol. The minimum atomic E-state index is -0.562. The van der Waals surface area contributed by atoms with Gasteiger partial charge in [0.05, 0.1) is 5.60 Å². The lowest BCUT2D eigenvalue weighted by molar-refractivity contribution is 0.0174. The number of nitrogens with one attached hydrogen (secondary N) is 2. The Kier molecular flexibility index (Phi) is 10.0. The number of hydrogen-bond donors (Lipinski definition) is 3. The fourth-order valence-electron chi connectivity index (χ4n) is 2.62. The van der Waals surface area contributed by atoms with Crippen LogP contribution in [0.2, 0.25) is 0 Å². The van der Waals surface area contributed by atoms with Crippen molar-refractivity contribution in [3.05, 3.63) is 29.8 Å². The Labute approximate surface area is 146 Å². The molecule has 0 spiro atoms. The number of rotatable bonds is 6. The maximum absolute atomic E-state index is 10.3. The van der Waals surface area contributed by atoms with Gasteiger partial charge in [0.15, 0.2) is 0 Å². The summed E-state index contributed by atoms with van der Waals surface area (Å²) in [7, 11) is 4.10. The number of hydrogen-bond acceptors (Lipinski definition) is 4. The first kappa shape index (κ1) is 21.5. The summed E-state index contributed by atoms with van der Waals surface area (Å²) in [5.74, 6) is 0. The molecule has 0 saturated carbocycles. The van der Waals surface area contributed by atoms with Crippen LogP contribution in [-0.2, 0) is 6.42 Å². The average molecular weight is 350 g/mol. The van der Waals surface area contributed by atoms with Crippen molar-refractivity contribution in [3.63, 3.8) is 0 Å². The van der Waals surface area contributed by atoms with E-state index in [2.05, 4.69) is 53.9 Å². The number of nitrogens with zero attached hydrogens (tertiary/aromatic N) is 1. The Bertz CT molecular complexity index is 406. The Balaban J connectivity index is 0.00000220. The van der Waals surface area contributed by atoms with E-state index in [0.29, 0.717) is 13.1 Å². The molecule has 0 aromatic heterocycles. The number of halogens is 2. The minimum absolute atomic E-state index is 0. The van der Waals surface area contributed by atoms with E-state index in [1.165, 1.54) is 11.3 Å². The van der Waals surface area contributed by atoms with Gasteiger partial charge in [-0.2, -0.15) is 0 Å². The van der Waals surface area contributed by atoms with Crippen molar-refractivity contribution < 1.29 is 5.11 Å². The molecule has 3 N–H and O–H groups in total. The van der Waals surface area contributed by atoms with E-state index in [9.17, 15) is 5.11 Å². The average Bonchev–Trinajstić information content (AvgIpc) is 2.45. The van der Waals surface area contributed by atoms with Crippen molar-refractivity contribution in [1.82, 2.24) is 10.6 Å². The fourth-order valence-corrected chi connectivity index (χ4v) is 2.62. The predicted octanol–water partition coefficient (Wildman–Crippen LogP) is 1.84. The maximum Gasteiger partial charge on any atom is 0.0895 e. The summed E-state index contributed by atoms with van der Waals surface area (Å²) in [6.45, 7) is 3.32. The summed E-state index contributed by atoms with van der Waals surface area (Å²) in [4.78, 5) is 2.10. The van der Waals surface area contributed by atoms with Gasteiger partial charge in [-0.15, -0.1) is 24.8 Å². The SMILES string of the molecule is CN(C)c1ccc(CCNCC2(O)CCCNC2)cc1.Cl.Cl. The molecule has 4 nitrogen and oxygen atoms in total. The van der Waals surface area contributed by atoms with Gasteiger partial charge >= 0.3 is 0 Å². The van der Waals surface area contributed by atoms with Gasteiger partial charge in [0.2, 0.25) is 0 Å². The minimum Gasteiger partial charge on any atom is -0.387 e. The molecule has 1 aromatic rings. The lowest BCUT2D eigenvalue weighted by Gasteiger charge is -2.32. The first-order valence-corrected chi connectivity index (χ1v) is 7.49. The van der Waals surface area contributed by atoms with Crippen LogP contribution in [0.3, 0.4) is 0 Å². The monoisotopic (exact) mass is 349 g/mol. The molecule has 0 radical (unpaired) electrons. The highest BCUT2D eigenvalue weighted by molar-refractivity contribution is 5.85. The van der Waals surface area contributed by atoms with Crippen molar-refractivity contribution in [1.29, 1.82) is 0 Å². The van der Waals surface area contributed by atoms with Crippen LogP contribution in [0, 0.1) is 0 Å². The molecule has 128 valence electrons. The van der Waals surface area contributed by atoms with Crippen LogP contribution in [0.4, 0.5) is 5.69 Å². The highest BCUT2D eigenvalue weighted by atomic mass is 35.5. The largest absolute Gasteiger partial charge is 0.387 e. The summed E-state index contributed by atoms with van der Waals surface area (Å²) < 4.78 is 0. The molecule has 1 unspecified atom stereocenters. The number of anilines is 1. The van der Waals surface area contributed by atoms with E-state index in [4.69, 9.17) is 0 Å². The number of β-amino-alcohol motifs (C(OH)–C–C–N with tert-alkyl or cyclic N) is 1. The summed E-state index contributed by atoms with van der Waals surface area (Å²) >= 11 is 0. The van der Waals surface area contributed by atoms with Gasteiger partial charge in [-0.3, -0.25) is 0 Å². The molecule has 0 aliphatic carbocycles. The van der Waals surface area contributed by atoms with Gasteiger partial charge < -0.3 is 20.6 Å². The highest BCUT2D eigenvalue weighted by Gasteiger charge is 2.28. The molecule has 0 amide bonds. The lowest BCUT2D eigenvalue weighted by atomic mass is 9.94. The van der Waals surface area contributed by atoms with E-state index >= 15 is 0 Å². The van der Waals surface area contributed by atoms with Crippen molar-refractivity contribution >= 4 is 30.5 Å². The van der Waals surface area contributed by atoms with Crippen LogP contribution in [0.1, 0.15) is 18.4 Å². The molecule has 1 saturated heterocycles. The highest BCUT2D eigenvalue weighted by Crippen LogP contribution is 2.15. The van der Waals surface area contributed by atoms with Crippen LogP contribution in [0.5, 0.6) is 0 Å². The summed E-state index contributed by atoms with van der Waals surface area (Å²) in [5.41, 5.74) is 1.99. The third-order valence-corrected chi connectivity index (χ3v) is 3.95. The maximum atomic E-state index is 10.3. The molecule has 1 atom stereocenters. The smallest absolute Gasteiger partial charge is 0.0895 e. The molecule has 22 heavy (non-hydrogen) atoms. The van der Waals surface area contributed by atoms with Gasteiger partial charge in [0.25, 0.3) is 0 Å². The summed E-state index contributed by atoms with van der Waals surface area (Å²) in [5, 5.41) is 17.0. The zero-order valence-electron chi connectivity index (χ0n) is 13.5. The standard InChI is InChI=1S/C16H27N3O.2ClH/c1-19(2)15-6-4-14(5-7-15)8-11-18-13-16(20)9-3-10-17-12-16;;/h4-7,17-18,20H,3,8-13H2,1-2H3;2*1H. The fraction of sp³-hybridized carbons (Fsp3) is 0.625. The van der Waals surface area contributed by atoms with Crippen LogP contribution < -0.4 is 15.5 Å². The van der Waals surface area contributed by atoms with Gasteiger partial charge in [-0.05, 0) is 50.0 Å². The Morgan fingerprint density at radius 1 is 1.23 bits per heavy atom. The normalized spacial score (nSPS) is 20.7. The van der Waals surface area contributed by atoms with Crippen molar-refractivity contribution in [3.8, 4) is 0 Å². The van der Waals surface area contributed by atoms with Crippen molar-refractivity contribution in [2.45, 2.75) is 24.9 Å². The van der Waals surface area contributed by atoms with Crippen LogP contribution in [-0.4, -0.2) is 51.0 Å². The first-order valence-electron chi connectivity index (χ1n) is 7.49. The number of piperidine rings is 1. The van der Waals surface area contributed by atoms with Crippen LogP contribution in [0.15, 0.2) is 24.3 Å². The first-order chi connectivity index (χ1) is 9.59. The Morgan fingerprint density at radius 3 is 2.45 bits per heavy atom. The molecule has 1 aromatic carbocycles. The second kappa shape index (κ2) is 10.3. The lowest BCUT2D eigenvalue weighted by Crippen LogP contribution is -2.52. The third-order valence-electron chi connectivity index (χ3n) is 3.95. The van der Waals surface area contributed by atoms with E-state index in [1.54, 1.807) is 0 Å². The number of benzene rings is 1. The quantitative estimate of drug-likeness (QED) is 0.686. The third kappa shape index (κ3) is 6.71.